The smallest absolute Gasteiger partial charge is 0.240 e. The van der Waals surface area contributed by atoms with Crippen LogP contribution in [0.2, 0.25) is 0 Å². The number of aromatic nitrogens is 2. The molecule has 3 N–H and O–H groups in total. The third-order valence-corrected chi connectivity index (χ3v) is 3.87. The van der Waals surface area contributed by atoms with Gasteiger partial charge in [0.05, 0.1) is 29.3 Å². The highest BCUT2D eigenvalue weighted by atomic mass is 16.5. The second-order valence-corrected chi connectivity index (χ2v) is 5.58. The van der Waals surface area contributed by atoms with Gasteiger partial charge in [0.1, 0.15) is 6.04 Å². The van der Waals surface area contributed by atoms with Crippen molar-refractivity contribution >= 4 is 22.8 Å². The molecule has 0 spiro atoms. The third-order valence-electron chi connectivity index (χ3n) is 3.87. The van der Waals surface area contributed by atoms with E-state index in [1.165, 1.54) is 0 Å². The van der Waals surface area contributed by atoms with E-state index in [1.54, 1.807) is 6.20 Å². The number of primary amides is 1. The van der Waals surface area contributed by atoms with Crippen LogP contribution in [0.15, 0.2) is 30.5 Å². The molecule has 0 unspecified atom stereocenters. The minimum Gasteiger partial charge on any atom is -0.381 e. The van der Waals surface area contributed by atoms with Gasteiger partial charge in [0, 0.05) is 19.2 Å². The third kappa shape index (κ3) is 3.62. The first-order chi connectivity index (χ1) is 11.1. The number of carbonyl (C=O) groups excluding carboxylic acids is 2. The summed E-state index contributed by atoms with van der Waals surface area (Å²) < 4.78 is 5.19. The Bertz CT molecular complexity index is 728. The van der Waals surface area contributed by atoms with Crippen LogP contribution in [0.1, 0.15) is 12.1 Å². The first-order valence-electron chi connectivity index (χ1n) is 7.51. The zero-order valence-corrected chi connectivity index (χ0v) is 12.6. The Balaban J connectivity index is 1.72. The Morgan fingerprint density at radius 2 is 2.13 bits per heavy atom. The first-order valence-corrected chi connectivity index (χ1v) is 7.51. The number of benzene rings is 1. The molecule has 0 radical (unpaired) electrons. The van der Waals surface area contributed by atoms with Gasteiger partial charge in [0.25, 0.3) is 0 Å². The number of carbonyl (C=O) groups is 2. The van der Waals surface area contributed by atoms with Gasteiger partial charge in [-0.3, -0.25) is 14.6 Å². The molecule has 1 aromatic heterocycles. The van der Waals surface area contributed by atoms with Crippen molar-refractivity contribution in [3.63, 3.8) is 0 Å². The quantitative estimate of drug-likeness (QED) is 0.818. The van der Waals surface area contributed by atoms with Crippen LogP contribution in [0.3, 0.4) is 0 Å². The maximum atomic E-state index is 12.1. The van der Waals surface area contributed by atoms with E-state index in [0.717, 1.165) is 11.0 Å². The van der Waals surface area contributed by atoms with Crippen LogP contribution in [-0.2, 0) is 20.7 Å². The number of rotatable bonds is 5. The van der Waals surface area contributed by atoms with Crippen LogP contribution >= 0.6 is 0 Å². The van der Waals surface area contributed by atoms with Crippen molar-refractivity contribution in [2.24, 2.45) is 11.7 Å². The first kappa shape index (κ1) is 15.4. The van der Waals surface area contributed by atoms with Crippen molar-refractivity contribution in [1.82, 2.24) is 15.3 Å². The summed E-state index contributed by atoms with van der Waals surface area (Å²) in [7, 11) is 0. The summed E-state index contributed by atoms with van der Waals surface area (Å²) in [5, 5.41) is 2.69. The van der Waals surface area contributed by atoms with E-state index in [2.05, 4.69) is 15.3 Å². The molecular weight excluding hydrogens is 296 g/mol. The average molecular weight is 314 g/mol. The van der Waals surface area contributed by atoms with Crippen LogP contribution in [0.5, 0.6) is 0 Å². The lowest BCUT2D eigenvalue weighted by atomic mass is 10.1. The van der Waals surface area contributed by atoms with Crippen LogP contribution in [-0.4, -0.2) is 41.0 Å². The largest absolute Gasteiger partial charge is 0.381 e. The molecule has 120 valence electrons. The highest BCUT2D eigenvalue weighted by Crippen LogP contribution is 2.13. The Hall–Kier alpha value is -2.54. The van der Waals surface area contributed by atoms with Gasteiger partial charge in [-0.25, -0.2) is 4.98 Å². The molecule has 7 heteroatoms. The topological polar surface area (TPSA) is 107 Å². The fraction of sp³-hybridized carbons (Fsp3) is 0.375. The molecule has 3 rings (SSSR count). The minimum absolute atomic E-state index is 0.208. The number of nitrogens with two attached hydrogens (primary N) is 1. The maximum absolute atomic E-state index is 12.1. The van der Waals surface area contributed by atoms with Crippen LogP contribution in [0, 0.1) is 5.92 Å². The molecule has 1 fully saturated rings. The van der Waals surface area contributed by atoms with Gasteiger partial charge in [0.15, 0.2) is 0 Å². The normalized spacial score (nSPS) is 18.7. The fourth-order valence-corrected chi connectivity index (χ4v) is 2.56. The monoisotopic (exact) mass is 314 g/mol. The number of hydrogen-bond acceptors (Lipinski definition) is 5. The molecule has 1 aliphatic heterocycles. The summed E-state index contributed by atoms with van der Waals surface area (Å²) in [5.41, 5.74) is 7.53. The molecule has 23 heavy (non-hydrogen) atoms. The zero-order chi connectivity index (χ0) is 16.2. The van der Waals surface area contributed by atoms with Crippen molar-refractivity contribution in [2.75, 3.05) is 13.2 Å². The Morgan fingerprint density at radius 3 is 2.83 bits per heavy atom. The number of fused-ring (bicyclic) bond motifs is 1. The molecule has 1 aliphatic rings. The molecule has 7 nitrogen and oxygen atoms in total. The SMILES string of the molecule is NC(=O)[C@H](Cc1cnc2ccccc2n1)NC(=O)[C@H]1CCOC1. The number of para-hydroxylation sites is 2. The van der Waals surface area contributed by atoms with Crippen LogP contribution < -0.4 is 11.1 Å². The standard InChI is InChI=1S/C16H18N4O3/c17-15(21)14(20-16(22)10-5-6-23-9-10)7-11-8-18-12-3-1-2-4-13(12)19-11/h1-4,8,10,14H,5-7,9H2,(H2,17,21)(H,20,22)/t10-,14-/m0/s1. The van der Waals surface area contributed by atoms with Crippen molar-refractivity contribution < 1.29 is 14.3 Å². The van der Waals surface area contributed by atoms with Crippen molar-refractivity contribution in [1.29, 1.82) is 0 Å². The van der Waals surface area contributed by atoms with E-state index >= 15 is 0 Å². The lowest BCUT2D eigenvalue weighted by Gasteiger charge is -2.17. The summed E-state index contributed by atoms with van der Waals surface area (Å²) in [5.74, 6) is -1.02. The Kier molecular flexibility index (Phi) is 4.47. The average Bonchev–Trinajstić information content (AvgIpc) is 3.08. The fourth-order valence-electron chi connectivity index (χ4n) is 2.56. The van der Waals surface area contributed by atoms with Gasteiger partial charge in [-0.1, -0.05) is 12.1 Å². The Labute approximate surface area is 133 Å². The van der Waals surface area contributed by atoms with Gasteiger partial charge in [0.2, 0.25) is 11.8 Å². The molecule has 0 saturated carbocycles. The summed E-state index contributed by atoms with van der Waals surface area (Å²) in [4.78, 5) is 32.5. The highest BCUT2D eigenvalue weighted by molar-refractivity contribution is 5.88. The molecule has 2 amide bonds. The van der Waals surface area contributed by atoms with E-state index in [-0.39, 0.29) is 18.2 Å². The molecule has 0 bridgehead atoms. The molecule has 1 aromatic carbocycles. The maximum Gasteiger partial charge on any atom is 0.240 e. The number of hydrogen-bond donors (Lipinski definition) is 2. The van der Waals surface area contributed by atoms with Gasteiger partial charge in [-0.05, 0) is 18.6 Å². The predicted molar refractivity (Wildman–Crippen MR) is 83.3 cm³/mol. The van der Waals surface area contributed by atoms with E-state index in [0.29, 0.717) is 25.3 Å². The number of nitrogens with zero attached hydrogens (tertiary/aromatic N) is 2. The van der Waals surface area contributed by atoms with Gasteiger partial charge in [-0.2, -0.15) is 0 Å². The molecule has 2 heterocycles. The van der Waals surface area contributed by atoms with E-state index in [9.17, 15) is 9.59 Å². The van der Waals surface area contributed by atoms with Gasteiger partial charge < -0.3 is 15.8 Å². The van der Waals surface area contributed by atoms with Crippen LogP contribution in [0.25, 0.3) is 11.0 Å². The van der Waals surface area contributed by atoms with Crippen LogP contribution in [0.4, 0.5) is 0 Å². The molecule has 2 atom stereocenters. The summed E-state index contributed by atoms with van der Waals surface area (Å²) in [6, 6.07) is 6.65. The zero-order valence-electron chi connectivity index (χ0n) is 12.6. The molecule has 0 aliphatic carbocycles. The minimum atomic E-state index is -0.807. The number of nitrogens with one attached hydrogen (secondary N) is 1. The van der Waals surface area contributed by atoms with E-state index in [4.69, 9.17) is 10.5 Å². The molecular formula is C16H18N4O3. The Morgan fingerprint density at radius 1 is 1.35 bits per heavy atom. The van der Waals surface area contributed by atoms with Crippen molar-refractivity contribution in [2.45, 2.75) is 18.9 Å². The van der Waals surface area contributed by atoms with Crippen molar-refractivity contribution in [3.8, 4) is 0 Å². The lowest BCUT2D eigenvalue weighted by Crippen LogP contribution is -2.48. The highest BCUT2D eigenvalue weighted by Gasteiger charge is 2.27. The summed E-state index contributed by atoms with van der Waals surface area (Å²) in [6.07, 6.45) is 2.47. The summed E-state index contributed by atoms with van der Waals surface area (Å²) in [6.45, 7) is 0.947. The second-order valence-electron chi connectivity index (χ2n) is 5.58. The second kappa shape index (κ2) is 6.70. The summed E-state index contributed by atoms with van der Waals surface area (Å²) >= 11 is 0. The van der Waals surface area contributed by atoms with Gasteiger partial charge >= 0.3 is 0 Å². The van der Waals surface area contributed by atoms with E-state index < -0.39 is 11.9 Å². The van der Waals surface area contributed by atoms with E-state index in [1.807, 2.05) is 24.3 Å². The predicted octanol–water partition coefficient (Wildman–Crippen LogP) is 0.179. The molecule has 1 saturated heterocycles. The number of ether oxygens (including phenoxy) is 1. The van der Waals surface area contributed by atoms with Crippen molar-refractivity contribution in [3.05, 3.63) is 36.2 Å². The molecule has 2 aromatic rings. The number of amides is 2. The lowest BCUT2D eigenvalue weighted by molar-refractivity contribution is -0.129. The van der Waals surface area contributed by atoms with Gasteiger partial charge in [-0.15, -0.1) is 0 Å².